The molecule has 0 aliphatic carbocycles. The van der Waals surface area contributed by atoms with Gasteiger partial charge >= 0.3 is 0 Å². The molecule has 1 amide bonds. The standard InChI is InChI=1S/C16H24ClN3O/c1-3-19-9-12-6-7-14(17)8-15(12)20-10-13(16(18)21)5-4-11(20)2/h6-8,11,13,19H,3-5,9-10H2,1-2H3,(H2,18,21). The van der Waals surface area contributed by atoms with Crippen molar-refractivity contribution in [2.45, 2.75) is 39.3 Å². The minimum atomic E-state index is -0.206. The molecule has 2 atom stereocenters. The smallest absolute Gasteiger partial charge is 0.222 e. The first-order valence-electron chi connectivity index (χ1n) is 7.58. The van der Waals surface area contributed by atoms with Gasteiger partial charge < -0.3 is 16.0 Å². The minimum Gasteiger partial charge on any atom is -0.369 e. The van der Waals surface area contributed by atoms with Crippen LogP contribution in [0, 0.1) is 5.92 Å². The van der Waals surface area contributed by atoms with E-state index in [9.17, 15) is 4.79 Å². The lowest BCUT2D eigenvalue weighted by atomic mass is 9.92. The van der Waals surface area contributed by atoms with Gasteiger partial charge in [-0.05, 0) is 44.0 Å². The van der Waals surface area contributed by atoms with E-state index in [-0.39, 0.29) is 11.8 Å². The number of nitrogens with one attached hydrogen (secondary N) is 1. The Balaban J connectivity index is 2.28. The quantitative estimate of drug-likeness (QED) is 0.879. The molecule has 1 aliphatic heterocycles. The van der Waals surface area contributed by atoms with Crippen LogP contribution < -0.4 is 16.0 Å². The molecule has 0 bridgehead atoms. The van der Waals surface area contributed by atoms with E-state index in [1.54, 1.807) is 0 Å². The number of carbonyl (C=O) groups is 1. The Morgan fingerprint density at radius 3 is 2.90 bits per heavy atom. The molecule has 2 unspecified atom stereocenters. The van der Waals surface area contributed by atoms with Crippen LogP contribution in [0.15, 0.2) is 18.2 Å². The summed E-state index contributed by atoms with van der Waals surface area (Å²) < 4.78 is 0. The fourth-order valence-corrected chi connectivity index (χ4v) is 3.05. The summed E-state index contributed by atoms with van der Waals surface area (Å²) in [5, 5.41) is 4.07. The predicted octanol–water partition coefficient (Wildman–Crippen LogP) is 2.54. The van der Waals surface area contributed by atoms with Crippen LogP contribution in [0.2, 0.25) is 5.02 Å². The Morgan fingerprint density at radius 2 is 2.24 bits per heavy atom. The van der Waals surface area contributed by atoms with Crippen molar-refractivity contribution in [1.82, 2.24) is 5.32 Å². The van der Waals surface area contributed by atoms with Crippen molar-refractivity contribution in [3.8, 4) is 0 Å². The highest BCUT2D eigenvalue weighted by molar-refractivity contribution is 6.30. The molecular formula is C16H24ClN3O. The van der Waals surface area contributed by atoms with Gasteiger partial charge in [0.2, 0.25) is 5.91 Å². The van der Waals surface area contributed by atoms with Gasteiger partial charge in [-0.1, -0.05) is 24.6 Å². The number of anilines is 1. The summed E-state index contributed by atoms with van der Waals surface area (Å²) in [5.74, 6) is -0.283. The zero-order valence-electron chi connectivity index (χ0n) is 12.7. The molecule has 1 fully saturated rings. The number of nitrogens with two attached hydrogens (primary N) is 1. The fourth-order valence-electron chi connectivity index (χ4n) is 2.89. The van der Waals surface area contributed by atoms with Crippen molar-refractivity contribution in [1.29, 1.82) is 0 Å². The number of hydrogen-bond acceptors (Lipinski definition) is 3. The van der Waals surface area contributed by atoms with Crippen molar-refractivity contribution < 1.29 is 4.79 Å². The summed E-state index contributed by atoms with van der Waals surface area (Å²) in [6.45, 7) is 6.67. The van der Waals surface area contributed by atoms with Gasteiger partial charge in [0.1, 0.15) is 0 Å². The maximum atomic E-state index is 11.5. The molecule has 3 N–H and O–H groups in total. The van der Waals surface area contributed by atoms with Crippen LogP contribution in [0.5, 0.6) is 0 Å². The molecule has 1 aliphatic rings. The number of piperidine rings is 1. The van der Waals surface area contributed by atoms with Crippen molar-refractivity contribution in [2.75, 3.05) is 18.0 Å². The number of halogens is 1. The third kappa shape index (κ3) is 3.89. The van der Waals surface area contributed by atoms with Gasteiger partial charge in [0.05, 0.1) is 5.92 Å². The minimum absolute atomic E-state index is 0.0767. The summed E-state index contributed by atoms with van der Waals surface area (Å²) in [6, 6.07) is 6.35. The Morgan fingerprint density at radius 1 is 1.48 bits per heavy atom. The molecule has 0 radical (unpaired) electrons. The Bertz CT molecular complexity index is 506. The molecule has 0 spiro atoms. The van der Waals surface area contributed by atoms with E-state index < -0.39 is 0 Å². The maximum Gasteiger partial charge on any atom is 0.222 e. The largest absolute Gasteiger partial charge is 0.369 e. The van der Waals surface area contributed by atoms with Crippen LogP contribution in [0.25, 0.3) is 0 Å². The number of nitrogens with zero attached hydrogens (tertiary/aromatic N) is 1. The normalized spacial score (nSPS) is 22.3. The molecule has 116 valence electrons. The first-order chi connectivity index (χ1) is 10.0. The summed E-state index contributed by atoms with van der Waals surface area (Å²) in [4.78, 5) is 13.8. The number of primary amides is 1. The zero-order chi connectivity index (χ0) is 15.4. The molecule has 1 aromatic rings. The molecule has 2 rings (SSSR count). The van der Waals surface area contributed by atoms with Gasteiger partial charge in [-0.3, -0.25) is 4.79 Å². The van der Waals surface area contributed by atoms with Crippen LogP contribution in [-0.4, -0.2) is 25.0 Å². The van der Waals surface area contributed by atoms with Gasteiger partial charge in [-0.15, -0.1) is 0 Å². The number of benzene rings is 1. The lowest BCUT2D eigenvalue weighted by molar-refractivity contribution is -0.122. The van der Waals surface area contributed by atoms with Crippen LogP contribution in [0.1, 0.15) is 32.3 Å². The van der Waals surface area contributed by atoms with E-state index in [0.717, 1.165) is 36.6 Å². The Hall–Kier alpha value is -1.26. The topological polar surface area (TPSA) is 58.4 Å². The van der Waals surface area contributed by atoms with Crippen molar-refractivity contribution in [2.24, 2.45) is 11.7 Å². The average Bonchev–Trinajstić information content (AvgIpc) is 2.46. The van der Waals surface area contributed by atoms with Crippen LogP contribution in [-0.2, 0) is 11.3 Å². The van der Waals surface area contributed by atoms with Gasteiger partial charge in [0.15, 0.2) is 0 Å². The Labute approximate surface area is 131 Å². The van der Waals surface area contributed by atoms with Crippen LogP contribution in [0.4, 0.5) is 5.69 Å². The predicted molar refractivity (Wildman–Crippen MR) is 87.6 cm³/mol. The average molecular weight is 310 g/mol. The summed E-state index contributed by atoms with van der Waals surface area (Å²) in [6.07, 6.45) is 1.84. The van der Waals surface area contributed by atoms with E-state index in [4.69, 9.17) is 17.3 Å². The van der Waals surface area contributed by atoms with E-state index >= 15 is 0 Å². The lowest BCUT2D eigenvalue weighted by Gasteiger charge is -2.39. The van der Waals surface area contributed by atoms with E-state index in [1.807, 2.05) is 12.1 Å². The van der Waals surface area contributed by atoms with E-state index in [2.05, 4.69) is 30.1 Å². The lowest BCUT2D eigenvalue weighted by Crippen LogP contribution is -2.46. The third-order valence-electron chi connectivity index (χ3n) is 4.21. The van der Waals surface area contributed by atoms with E-state index in [1.165, 1.54) is 5.56 Å². The van der Waals surface area contributed by atoms with Gasteiger partial charge in [0.25, 0.3) is 0 Å². The number of carbonyl (C=O) groups excluding carboxylic acids is 1. The number of amides is 1. The molecule has 0 saturated carbocycles. The van der Waals surface area contributed by atoms with Crippen LogP contribution in [0.3, 0.4) is 0 Å². The Kier molecular flexibility index (Phi) is 5.48. The van der Waals surface area contributed by atoms with Gasteiger partial charge in [-0.2, -0.15) is 0 Å². The van der Waals surface area contributed by atoms with Crippen molar-refractivity contribution in [3.05, 3.63) is 28.8 Å². The summed E-state index contributed by atoms with van der Waals surface area (Å²) in [5.41, 5.74) is 7.82. The number of hydrogen-bond donors (Lipinski definition) is 2. The second kappa shape index (κ2) is 7.14. The maximum absolute atomic E-state index is 11.5. The van der Waals surface area contributed by atoms with Crippen LogP contribution >= 0.6 is 11.6 Å². The van der Waals surface area contributed by atoms with E-state index in [0.29, 0.717) is 12.6 Å². The highest BCUT2D eigenvalue weighted by atomic mass is 35.5. The fraction of sp³-hybridized carbons (Fsp3) is 0.562. The molecular weight excluding hydrogens is 286 g/mol. The SMILES string of the molecule is CCNCc1ccc(Cl)cc1N1CC(C(N)=O)CCC1C. The highest BCUT2D eigenvalue weighted by Gasteiger charge is 2.29. The third-order valence-corrected chi connectivity index (χ3v) is 4.44. The first-order valence-corrected chi connectivity index (χ1v) is 7.95. The highest BCUT2D eigenvalue weighted by Crippen LogP contribution is 2.32. The molecule has 4 nitrogen and oxygen atoms in total. The molecule has 5 heteroatoms. The van der Waals surface area contributed by atoms with Gasteiger partial charge in [-0.25, -0.2) is 0 Å². The summed E-state index contributed by atoms with van der Waals surface area (Å²) in [7, 11) is 0. The first kappa shape index (κ1) is 16.1. The molecule has 21 heavy (non-hydrogen) atoms. The second-order valence-corrected chi connectivity index (χ2v) is 6.17. The van der Waals surface area contributed by atoms with Crippen molar-refractivity contribution in [3.63, 3.8) is 0 Å². The van der Waals surface area contributed by atoms with Crippen molar-refractivity contribution >= 4 is 23.2 Å². The molecule has 1 aromatic carbocycles. The monoisotopic (exact) mass is 309 g/mol. The number of rotatable bonds is 5. The molecule has 0 aromatic heterocycles. The zero-order valence-corrected chi connectivity index (χ0v) is 13.5. The summed E-state index contributed by atoms with van der Waals surface area (Å²) >= 11 is 6.18. The second-order valence-electron chi connectivity index (χ2n) is 5.73. The molecule has 1 saturated heterocycles. The molecule has 1 heterocycles. The van der Waals surface area contributed by atoms with Gasteiger partial charge in [0, 0.05) is 29.8 Å².